The Hall–Kier alpha value is -1.71. The topological polar surface area (TPSA) is 62.4 Å². The van der Waals surface area contributed by atoms with Crippen LogP contribution in [0.5, 0.6) is 0 Å². The predicted molar refractivity (Wildman–Crippen MR) is 96.3 cm³/mol. The van der Waals surface area contributed by atoms with Crippen LogP contribution >= 0.6 is 23.5 Å². The van der Waals surface area contributed by atoms with Crippen LogP contribution in [0.3, 0.4) is 0 Å². The smallest absolute Gasteiger partial charge is 0.312 e. The summed E-state index contributed by atoms with van der Waals surface area (Å²) in [5, 5.41) is 13.6. The summed E-state index contributed by atoms with van der Waals surface area (Å²) in [5.74, 6) is -0.416. The molecule has 0 saturated carbocycles. The second-order valence-electron chi connectivity index (χ2n) is 5.50. The molecule has 0 radical (unpaired) electrons. The fourth-order valence-electron chi connectivity index (χ4n) is 1.93. The van der Waals surface area contributed by atoms with Crippen molar-refractivity contribution in [1.82, 2.24) is 0 Å². The maximum absolute atomic E-state index is 12.2. The number of thioether (sulfide) groups is 2. The van der Waals surface area contributed by atoms with E-state index in [2.05, 4.69) is 38.9 Å². The van der Waals surface area contributed by atoms with E-state index in [-0.39, 0.29) is 0 Å². The zero-order valence-electron chi connectivity index (χ0n) is 13.5. The minimum atomic E-state index is -0.416. The van der Waals surface area contributed by atoms with Crippen molar-refractivity contribution in [3.05, 3.63) is 45.2 Å². The highest BCUT2D eigenvalue weighted by atomic mass is 32.2. The Morgan fingerprint density at radius 2 is 1.70 bits per heavy atom. The molecule has 120 valence electrons. The molecule has 23 heavy (non-hydrogen) atoms. The van der Waals surface area contributed by atoms with Gasteiger partial charge in [0.25, 0.3) is 0 Å². The van der Waals surface area contributed by atoms with Crippen molar-refractivity contribution >= 4 is 35.2 Å². The molecule has 1 heterocycles. The van der Waals surface area contributed by atoms with Crippen LogP contribution in [-0.4, -0.2) is 22.2 Å². The molecule has 4 nitrogen and oxygen atoms in total. The third-order valence-electron chi connectivity index (χ3n) is 2.84. The number of nitrogens with zero attached hydrogens (tertiary/aromatic N) is 2. The van der Waals surface area contributed by atoms with Gasteiger partial charge >= 0.3 is 5.97 Å². The number of benzene rings is 1. The van der Waals surface area contributed by atoms with Crippen LogP contribution in [0, 0.1) is 11.3 Å². The van der Waals surface area contributed by atoms with Crippen molar-refractivity contribution in [3.63, 3.8) is 0 Å². The van der Waals surface area contributed by atoms with E-state index in [1.54, 1.807) is 47.8 Å². The number of rotatable bonds is 5. The average Bonchev–Trinajstić information content (AvgIpc) is 2.87. The first-order valence-electron chi connectivity index (χ1n) is 7.30. The lowest BCUT2D eigenvalue weighted by atomic mass is 10.0. The molecular weight excluding hydrogens is 328 g/mol. The highest BCUT2D eigenvalue weighted by Gasteiger charge is 2.31. The highest BCUT2D eigenvalue weighted by molar-refractivity contribution is 8.22. The number of oxime groups is 1. The molecule has 1 aromatic carbocycles. The van der Waals surface area contributed by atoms with E-state index in [1.165, 1.54) is 0 Å². The van der Waals surface area contributed by atoms with Gasteiger partial charge in [0, 0.05) is 16.1 Å². The molecule has 0 aliphatic carbocycles. The Morgan fingerprint density at radius 3 is 2.17 bits per heavy atom. The van der Waals surface area contributed by atoms with Crippen molar-refractivity contribution in [2.75, 3.05) is 0 Å². The number of hydrogen-bond donors (Lipinski definition) is 0. The molecule has 0 atom stereocenters. The Morgan fingerprint density at radius 1 is 1.13 bits per heavy atom. The third kappa shape index (κ3) is 4.40. The van der Waals surface area contributed by atoms with Gasteiger partial charge in [-0.3, -0.25) is 0 Å². The molecule has 1 aliphatic rings. The maximum Gasteiger partial charge on any atom is 0.369 e. The molecule has 0 saturated heterocycles. The standard InChI is InChI=1S/C17H18N2O2S2/c1-10(2)22-17(23-11(3)4)14-15(19-21-16(14)20)13-7-5-12(9-18)6-8-13/h5-8,10-11H,1-4H3. The molecule has 0 N–H and O–H groups in total. The van der Waals surface area contributed by atoms with Crippen molar-refractivity contribution < 1.29 is 9.63 Å². The molecule has 0 bridgehead atoms. The van der Waals surface area contributed by atoms with E-state index >= 15 is 0 Å². The summed E-state index contributed by atoms with van der Waals surface area (Å²) in [6.45, 7) is 8.35. The summed E-state index contributed by atoms with van der Waals surface area (Å²) in [7, 11) is 0. The lowest BCUT2D eigenvalue weighted by Crippen LogP contribution is -2.10. The minimum absolute atomic E-state index is 0.347. The third-order valence-corrected chi connectivity index (χ3v) is 5.19. The molecule has 0 spiro atoms. The minimum Gasteiger partial charge on any atom is -0.312 e. The number of carbonyl (C=O) groups excluding carboxylic acids is 1. The number of nitriles is 1. The van der Waals surface area contributed by atoms with Gasteiger partial charge in [0.15, 0.2) is 0 Å². The largest absolute Gasteiger partial charge is 0.369 e. The summed E-state index contributed by atoms with van der Waals surface area (Å²) in [6.07, 6.45) is 0. The summed E-state index contributed by atoms with van der Waals surface area (Å²) in [6, 6.07) is 9.08. The van der Waals surface area contributed by atoms with Gasteiger partial charge in [0.05, 0.1) is 15.9 Å². The van der Waals surface area contributed by atoms with Gasteiger partial charge in [0.2, 0.25) is 0 Å². The van der Waals surface area contributed by atoms with E-state index in [0.29, 0.717) is 27.3 Å². The first-order valence-corrected chi connectivity index (χ1v) is 9.06. The van der Waals surface area contributed by atoms with E-state index in [4.69, 9.17) is 10.1 Å². The fraction of sp³-hybridized carbons (Fsp3) is 0.353. The first-order chi connectivity index (χ1) is 10.9. The average molecular weight is 346 g/mol. The molecule has 0 unspecified atom stereocenters. The van der Waals surface area contributed by atoms with Crippen LogP contribution in [-0.2, 0) is 9.63 Å². The fourth-order valence-corrected chi connectivity index (χ4v) is 4.76. The van der Waals surface area contributed by atoms with Crippen molar-refractivity contribution in [3.8, 4) is 6.07 Å². The van der Waals surface area contributed by atoms with Crippen molar-refractivity contribution in [2.45, 2.75) is 38.2 Å². The second-order valence-corrected chi connectivity index (χ2v) is 8.94. The first kappa shape index (κ1) is 17.6. The van der Waals surface area contributed by atoms with E-state index in [9.17, 15) is 4.79 Å². The lowest BCUT2D eigenvalue weighted by Gasteiger charge is -2.14. The maximum atomic E-state index is 12.2. The van der Waals surface area contributed by atoms with Gasteiger partial charge in [-0.25, -0.2) is 4.79 Å². The van der Waals surface area contributed by atoms with Crippen LogP contribution in [0.15, 0.2) is 39.2 Å². The molecule has 2 rings (SSSR count). The Balaban J connectivity index is 2.46. The number of hydrogen-bond acceptors (Lipinski definition) is 6. The monoisotopic (exact) mass is 346 g/mol. The zero-order valence-corrected chi connectivity index (χ0v) is 15.1. The zero-order chi connectivity index (χ0) is 17.0. The summed E-state index contributed by atoms with van der Waals surface area (Å²) < 4.78 is 0.931. The van der Waals surface area contributed by atoms with E-state index in [0.717, 1.165) is 9.80 Å². The van der Waals surface area contributed by atoms with Crippen LogP contribution in [0.4, 0.5) is 0 Å². The predicted octanol–water partition coefficient (Wildman–Crippen LogP) is 4.31. The molecule has 6 heteroatoms. The summed E-state index contributed by atoms with van der Waals surface area (Å²) in [5.41, 5.74) is 2.40. The van der Waals surface area contributed by atoms with Gasteiger partial charge in [-0.05, 0) is 12.1 Å². The summed E-state index contributed by atoms with van der Waals surface area (Å²) >= 11 is 3.29. The molecule has 1 aromatic rings. The number of carbonyl (C=O) groups is 1. The summed E-state index contributed by atoms with van der Waals surface area (Å²) in [4.78, 5) is 17.1. The van der Waals surface area contributed by atoms with Crippen molar-refractivity contribution in [2.24, 2.45) is 5.16 Å². The van der Waals surface area contributed by atoms with Crippen LogP contribution in [0.2, 0.25) is 0 Å². The van der Waals surface area contributed by atoms with Crippen molar-refractivity contribution in [1.29, 1.82) is 5.26 Å². The molecule has 0 aromatic heterocycles. The van der Waals surface area contributed by atoms with Gasteiger partial charge in [-0.1, -0.05) is 45.0 Å². The van der Waals surface area contributed by atoms with Gasteiger partial charge in [-0.15, -0.1) is 23.5 Å². The van der Waals surface area contributed by atoms with E-state index < -0.39 is 5.97 Å². The van der Waals surface area contributed by atoms with Gasteiger partial charge < -0.3 is 4.84 Å². The molecule has 1 aliphatic heterocycles. The SMILES string of the molecule is CC(C)SC(SC(C)C)=C1C(=O)ON=C1c1ccc(C#N)cc1. The van der Waals surface area contributed by atoms with Gasteiger partial charge in [-0.2, -0.15) is 5.26 Å². The van der Waals surface area contributed by atoms with Crippen LogP contribution in [0.1, 0.15) is 38.8 Å². The second kappa shape index (κ2) is 7.71. The normalized spacial score (nSPS) is 14.0. The lowest BCUT2D eigenvalue weighted by molar-refractivity contribution is -0.136. The molecule has 0 fully saturated rings. The molecule has 0 amide bonds. The van der Waals surface area contributed by atoms with Crippen LogP contribution in [0.25, 0.3) is 0 Å². The Labute approximate surface area is 145 Å². The van der Waals surface area contributed by atoms with Crippen LogP contribution < -0.4 is 0 Å². The Kier molecular flexibility index (Phi) is 5.91. The van der Waals surface area contributed by atoms with Gasteiger partial charge in [0.1, 0.15) is 11.3 Å². The Bertz CT molecular complexity index is 686. The van der Waals surface area contributed by atoms with E-state index in [1.807, 2.05) is 0 Å². The molecular formula is C17H18N2O2S2. The highest BCUT2D eigenvalue weighted by Crippen LogP contribution is 2.39. The quantitative estimate of drug-likeness (QED) is 0.587.